The number of hydrogen-bond donors (Lipinski definition) is 0. The Kier molecular flexibility index (Phi) is 5.19. The zero-order chi connectivity index (χ0) is 17.8. The van der Waals surface area contributed by atoms with Crippen LogP contribution in [0.15, 0.2) is 46.4 Å². The highest BCUT2D eigenvalue weighted by molar-refractivity contribution is 7.09. The number of nitrogens with zero attached hydrogens (tertiary/aromatic N) is 1. The molecule has 3 heterocycles. The van der Waals surface area contributed by atoms with Crippen LogP contribution in [0.3, 0.4) is 0 Å². The predicted molar refractivity (Wildman–Crippen MR) is 95.3 cm³/mol. The average molecular weight is 357 g/mol. The van der Waals surface area contributed by atoms with Gasteiger partial charge in [-0.15, -0.1) is 11.3 Å². The van der Waals surface area contributed by atoms with Gasteiger partial charge >= 0.3 is 5.97 Å². The minimum Gasteiger partial charge on any atom is -0.457 e. The highest BCUT2D eigenvalue weighted by atomic mass is 32.1. The van der Waals surface area contributed by atoms with Crippen molar-refractivity contribution >= 4 is 23.1 Å². The van der Waals surface area contributed by atoms with Gasteiger partial charge in [0, 0.05) is 28.4 Å². The van der Waals surface area contributed by atoms with Crippen molar-refractivity contribution < 1.29 is 18.7 Å². The summed E-state index contributed by atoms with van der Waals surface area (Å²) in [7, 11) is 0. The summed E-state index contributed by atoms with van der Waals surface area (Å²) >= 11 is 1.73. The Labute approximate surface area is 149 Å². The molecule has 0 aliphatic carbocycles. The molecule has 130 valence electrons. The number of carbonyl (C=O) groups excluding carboxylic acids is 2. The molecule has 0 atom stereocenters. The molecule has 25 heavy (non-hydrogen) atoms. The number of thiophene rings is 1. The number of aromatic nitrogens is 1. The van der Waals surface area contributed by atoms with E-state index in [9.17, 15) is 9.59 Å². The Morgan fingerprint density at radius 2 is 2.08 bits per heavy atom. The van der Waals surface area contributed by atoms with Crippen LogP contribution in [-0.4, -0.2) is 22.9 Å². The standard InChI is InChI=1S/C19H19NO4S/c1-13-11-16(14(2)20(13)8-7-15-5-4-10-25-15)17(21)12-24-19(22)18-6-3-9-23-18/h3-6,9-11H,7-8,12H2,1-2H3. The summed E-state index contributed by atoms with van der Waals surface area (Å²) in [6, 6.07) is 9.10. The Morgan fingerprint density at radius 1 is 1.24 bits per heavy atom. The van der Waals surface area contributed by atoms with Crippen LogP contribution >= 0.6 is 11.3 Å². The van der Waals surface area contributed by atoms with Gasteiger partial charge in [-0.3, -0.25) is 4.79 Å². The van der Waals surface area contributed by atoms with Crippen LogP contribution in [0.4, 0.5) is 0 Å². The van der Waals surface area contributed by atoms with Crippen molar-refractivity contribution in [3.05, 3.63) is 69.6 Å². The first kappa shape index (κ1) is 17.2. The molecule has 0 spiro atoms. The summed E-state index contributed by atoms with van der Waals surface area (Å²) in [6.45, 7) is 4.42. The van der Waals surface area contributed by atoms with Gasteiger partial charge in [-0.1, -0.05) is 6.07 Å². The molecule has 0 aliphatic rings. The highest BCUT2D eigenvalue weighted by Crippen LogP contribution is 2.18. The van der Waals surface area contributed by atoms with Crippen LogP contribution in [0, 0.1) is 13.8 Å². The Bertz CT molecular complexity index is 860. The summed E-state index contributed by atoms with van der Waals surface area (Å²) in [4.78, 5) is 25.5. The molecule has 3 aromatic rings. The minimum absolute atomic E-state index is 0.0919. The van der Waals surface area contributed by atoms with Gasteiger partial charge < -0.3 is 13.7 Å². The average Bonchev–Trinajstić information content (AvgIpc) is 3.33. The van der Waals surface area contributed by atoms with E-state index in [1.807, 2.05) is 26.0 Å². The first-order chi connectivity index (χ1) is 12.1. The van der Waals surface area contributed by atoms with E-state index in [2.05, 4.69) is 16.0 Å². The third-order valence-electron chi connectivity index (χ3n) is 4.09. The first-order valence-corrected chi connectivity index (χ1v) is 8.87. The normalized spacial score (nSPS) is 10.8. The van der Waals surface area contributed by atoms with Crippen molar-refractivity contribution in [2.24, 2.45) is 0 Å². The second kappa shape index (κ2) is 7.53. The number of ether oxygens (including phenoxy) is 1. The number of carbonyl (C=O) groups is 2. The van der Waals surface area contributed by atoms with Gasteiger partial charge in [0.2, 0.25) is 11.5 Å². The lowest BCUT2D eigenvalue weighted by atomic mass is 10.1. The van der Waals surface area contributed by atoms with E-state index < -0.39 is 5.97 Å². The van der Waals surface area contributed by atoms with Crippen molar-refractivity contribution in [3.63, 3.8) is 0 Å². The maximum Gasteiger partial charge on any atom is 0.374 e. The Hall–Kier alpha value is -2.60. The molecule has 0 aliphatic heterocycles. The van der Waals surface area contributed by atoms with Crippen molar-refractivity contribution in [3.8, 4) is 0 Å². The molecule has 3 aromatic heterocycles. The lowest BCUT2D eigenvalue weighted by Gasteiger charge is -2.09. The molecule has 0 aromatic carbocycles. The predicted octanol–water partition coefficient (Wildman–Crippen LogP) is 4.04. The quantitative estimate of drug-likeness (QED) is 0.473. The molecule has 0 amide bonds. The van der Waals surface area contributed by atoms with E-state index in [1.165, 1.54) is 17.2 Å². The number of hydrogen-bond acceptors (Lipinski definition) is 5. The molecule has 0 unspecified atom stereocenters. The zero-order valence-electron chi connectivity index (χ0n) is 14.2. The summed E-state index contributed by atoms with van der Waals surface area (Å²) < 4.78 is 12.1. The molecule has 0 fully saturated rings. The topological polar surface area (TPSA) is 61.4 Å². The fourth-order valence-electron chi connectivity index (χ4n) is 2.78. The molecule has 0 bridgehead atoms. The fraction of sp³-hybridized carbons (Fsp3) is 0.263. The molecular weight excluding hydrogens is 338 g/mol. The number of esters is 1. The molecule has 0 radical (unpaired) electrons. The van der Waals surface area contributed by atoms with Gasteiger partial charge in [-0.25, -0.2) is 4.79 Å². The largest absolute Gasteiger partial charge is 0.457 e. The van der Waals surface area contributed by atoms with Crippen LogP contribution < -0.4 is 0 Å². The third kappa shape index (κ3) is 3.91. The smallest absolute Gasteiger partial charge is 0.374 e. The van der Waals surface area contributed by atoms with Gasteiger partial charge in [0.15, 0.2) is 6.61 Å². The number of Topliss-reactive ketones (excluding diaryl/α,β-unsaturated/α-hetero) is 1. The van der Waals surface area contributed by atoms with Crippen LogP contribution in [0.5, 0.6) is 0 Å². The summed E-state index contributed by atoms with van der Waals surface area (Å²) in [6.07, 6.45) is 2.31. The maximum absolute atomic E-state index is 12.4. The summed E-state index contributed by atoms with van der Waals surface area (Å²) in [5, 5.41) is 2.06. The molecule has 6 heteroatoms. The van der Waals surface area contributed by atoms with E-state index in [4.69, 9.17) is 9.15 Å². The van der Waals surface area contributed by atoms with Crippen LogP contribution in [-0.2, 0) is 17.7 Å². The second-order valence-electron chi connectivity index (χ2n) is 5.74. The molecule has 0 saturated heterocycles. The SMILES string of the molecule is Cc1cc(C(=O)COC(=O)c2ccco2)c(C)n1CCc1cccs1. The molecule has 0 N–H and O–H groups in total. The number of furan rings is 1. The van der Waals surface area contributed by atoms with Gasteiger partial charge in [-0.2, -0.15) is 0 Å². The summed E-state index contributed by atoms with van der Waals surface area (Å²) in [5.74, 6) is -0.755. The monoisotopic (exact) mass is 357 g/mol. The van der Waals surface area contributed by atoms with Gasteiger partial charge in [-0.05, 0) is 49.9 Å². The van der Waals surface area contributed by atoms with E-state index in [1.54, 1.807) is 17.4 Å². The van der Waals surface area contributed by atoms with Gasteiger partial charge in [0.05, 0.1) is 6.26 Å². The Balaban J connectivity index is 1.64. The van der Waals surface area contributed by atoms with Crippen LogP contribution in [0.1, 0.15) is 37.2 Å². The third-order valence-corrected chi connectivity index (χ3v) is 5.03. The fourth-order valence-corrected chi connectivity index (χ4v) is 3.48. The molecular formula is C19H19NO4S. The van der Waals surface area contributed by atoms with E-state index in [-0.39, 0.29) is 18.2 Å². The van der Waals surface area contributed by atoms with Crippen LogP contribution in [0.2, 0.25) is 0 Å². The number of ketones is 1. The molecule has 0 saturated carbocycles. The Morgan fingerprint density at radius 3 is 2.76 bits per heavy atom. The van der Waals surface area contributed by atoms with Crippen molar-refractivity contribution in [1.82, 2.24) is 4.57 Å². The van der Waals surface area contributed by atoms with Crippen molar-refractivity contribution in [2.45, 2.75) is 26.8 Å². The molecule has 5 nitrogen and oxygen atoms in total. The summed E-state index contributed by atoms with van der Waals surface area (Å²) in [5.41, 5.74) is 2.51. The molecule has 3 rings (SSSR count). The first-order valence-electron chi connectivity index (χ1n) is 7.99. The number of aryl methyl sites for hydroxylation is 2. The van der Waals surface area contributed by atoms with E-state index in [0.29, 0.717) is 5.56 Å². The van der Waals surface area contributed by atoms with Crippen LogP contribution in [0.25, 0.3) is 0 Å². The van der Waals surface area contributed by atoms with Crippen molar-refractivity contribution in [2.75, 3.05) is 6.61 Å². The zero-order valence-corrected chi connectivity index (χ0v) is 15.0. The van der Waals surface area contributed by atoms with Gasteiger partial charge in [0.25, 0.3) is 0 Å². The number of rotatable bonds is 7. The lowest BCUT2D eigenvalue weighted by molar-refractivity contribution is 0.0444. The van der Waals surface area contributed by atoms with E-state index in [0.717, 1.165) is 24.4 Å². The lowest BCUT2D eigenvalue weighted by Crippen LogP contribution is -2.15. The van der Waals surface area contributed by atoms with Gasteiger partial charge in [0.1, 0.15) is 0 Å². The highest BCUT2D eigenvalue weighted by Gasteiger charge is 2.18. The maximum atomic E-state index is 12.4. The second-order valence-corrected chi connectivity index (χ2v) is 6.77. The van der Waals surface area contributed by atoms with E-state index >= 15 is 0 Å². The minimum atomic E-state index is -0.634. The van der Waals surface area contributed by atoms with Crippen molar-refractivity contribution in [1.29, 1.82) is 0 Å².